The number of hydrogen-bond donors (Lipinski definition) is 1. The van der Waals surface area contributed by atoms with Crippen LogP contribution in [0.3, 0.4) is 0 Å². The highest BCUT2D eigenvalue weighted by Crippen LogP contribution is 2.56. The standard InChI is InChI=1S/C14H23NO2S2/c16-19(17,13-2-1-3-18-13)15-14-7-10-4-11(8-14)6-12(5-10)9-14/h10-13,15H,1-9H2. The molecule has 5 fully saturated rings. The van der Waals surface area contributed by atoms with Gasteiger partial charge in [0.2, 0.25) is 10.0 Å². The van der Waals surface area contributed by atoms with Crippen LogP contribution in [0.2, 0.25) is 0 Å². The first-order valence-electron chi connectivity index (χ1n) is 7.69. The van der Waals surface area contributed by atoms with Crippen LogP contribution in [0.5, 0.6) is 0 Å². The molecule has 1 atom stereocenters. The van der Waals surface area contributed by atoms with Gasteiger partial charge in [0.05, 0.1) is 0 Å². The Hall–Kier alpha value is 0.260. The normalized spacial score (nSPS) is 48.8. The Labute approximate surface area is 120 Å². The maximum absolute atomic E-state index is 12.6. The maximum Gasteiger partial charge on any atom is 0.224 e. The summed E-state index contributed by atoms with van der Waals surface area (Å²) < 4.78 is 28.2. The van der Waals surface area contributed by atoms with Crippen LogP contribution in [-0.2, 0) is 10.0 Å². The molecule has 5 aliphatic rings. The van der Waals surface area contributed by atoms with Gasteiger partial charge < -0.3 is 0 Å². The summed E-state index contributed by atoms with van der Waals surface area (Å²) in [5.41, 5.74) is -0.0588. The van der Waals surface area contributed by atoms with Crippen LogP contribution >= 0.6 is 11.8 Å². The Morgan fingerprint density at radius 3 is 2.05 bits per heavy atom. The topological polar surface area (TPSA) is 46.2 Å². The molecule has 0 aromatic carbocycles. The molecule has 4 saturated carbocycles. The van der Waals surface area contributed by atoms with Crippen molar-refractivity contribution in [2.75, 3.05) is 5.75 Å². The maximum atomic E-state index is 12.6. The van der Waals surface area contributed by atoms with Crippen LogP contribution in [0.1, 0.15) is 51.4 Å². The third-order valence-corrected chi connectivity index (χ3v) is 9.58. The lowest BCUT2D eigenvalue weighted by Crippen LogP contribution is -2.60. The lowest BCUT2D eigenvalue weighted by molar-refractivity contribution is -0.00813. The lowest BCUT2D eigenvalue weighted by Gasteiger charge is -2.56. The van der Waals surface area contributed by atoms with Crippen LogP contribution in [-0.4, -0.2) is 24.3 Å². The highest BCUT2D eigenvalue weighted by molar-refractivity contribution is 8.13. The van der Waals surface area contributed by atoms with Crippen LogP contribution in [0.4, 0.5) is 0 Å². The summed E-state index contributed by atoms with van der Waals surface area (Å²) in [5, 5.41) is 0. The Morgan fingerprint density at radius 1 is 1.00 bits per heavy atom. The predicted octanol–water partition coefficient (Wildman–Crippen LogP) is 2.73. The van der Waals surface area contributed by atoms with Gasteiger partial charge in [-0.3, -0.25) is 0 Å². The summed E-state index contributed by atoms with van der Waals surface area (Å²) in [4.78, 5) is 0. The van der Waals surface area contributed by atoms with Gasteiger partial charge in [0.25, 0.3) is 0 Å². The molecular formula is C14H23NO2S2. The van der Waals surface area contributed by atoms with Crippen LogP contribution < -0.4 is 4.72 Å². The molecule has 1 aliphatic heterocycles. The fourth-order valence-electron chi connectivity index (χ4n) is 5.40. The van der Waals surface area contributed by atoms with Crippen molar-refractivity contribution in [3.8, 4) is 0 Å². The molecule has 0 amide bonds. The molecule has 0 radical (unpaired) electrons. The number of thioether (sulfide) groups is 1. The van der Waals surface area contributed by atoms with Crippen molar-refractivity contribution in [3.05, 3.63) is 0 Å². The minimum atomic E-state index is -3.11. The Balaban J connectivity index is 1.56. The van der Waals surface area contributed by atoms with E-state index in [4.69, 9.17) is 0 Å². The van der Waals surface area contributed by atoms with E-state index in [0.717, 1.165) is 55.6 Å². The number of rotatable bonds is 3. The molecule has 19 heavy (non-hydrogen) atoms. The molecule has 1 heterocycles. The van der Waals surface area contributed by atoms with E-state index in [1.54, 1.807) is 11.8 Å². The number of hydrogen-bond acceptors (Lipinski definition) is 3. The van der Waals surface area contributed by atoms with Crippen LogP contribution in [0.25, 0.3) is 0 Å². The SMILES string of the molecule is O=S(=O)(NC12CC3CC(CC(C3)C1)C2)C1CCCS1. The van der Waals surface area contributed by atoms with Gasteiger partial charge in [-0.25, -0.2) is 13.1 Å². The van der Waals surface area contributed by atoms with E-state index in [1.165, 1.54) is 19.3 Å². The van der Waals surface area contributed by atoms with E-state index in [-0.39, 0.29) is 10.1 Å². The third-order valence-electron chi connectivity index (χ3n) is 5.63. The predicted molar refractivity (Wildman–Crippen MR) is 78.4 cm³/mol. The highest BCUT2D eigenvalue weighted by Gasteiger charge is 2.53. The molecule has 5 rings (SSSR count). The van der Waals surface area contributed by atoms with Crippen LogP contribution in [0.15, 0.2) is 0 Å². The number of sulfonamides is 1. The zero-order valence-electron chi connectivity index (χ0n) is 11.3. The summed E-state index contributed by atoms with van der Waals surface area (Å²) in [6.07, 6.45) is 9.29. The van der Waals surface area contributed by atoms with Gasteiger partial charge in [-0.15, -0.1) is 11.8 Å². The largest absolute Gasteiger partial charge is 0.224 e. The monoisotopic (exact) mass is 301 g/mol. The van der Waals surface area contributed by atoms with Gasteiger partial charge in [0.15, 0.2) is 0 Å². The zero-order valence-corrected chi connectivity index (χ0v) is 12.9. The van der Waals surface area contributed by atoms with Gasteiger partial charge in [-0.2, -0.15) is 0 Å². The summed E-state index contributed by atoms with van der Waals surface area (Å²) in [7, 11) is -3.11. The minimum absolute atomic E-state index is 0.0588. The van der Waals surface area contributed by atoms with Crippen molar-refractivity contribution < 1.29 is 8.42 Å². The molecule has 1 N–H and O–H groups in total. The fourth-order valence-corrected chi connectivity index (χ4v) is 8.94. The first-order valence-corrected chi connectivity index (χ1v) is 10.3. The summed E-state index contributed by atoms with van der Waals surface area (Å²) >= 11 is 1.63. The molecular weight excluding hydrogens is 278 g/mol. The average molecular weight is 301 g/mol. The molecule has 1 saturated heterocycles. The van der Waals surface area contributed by atoms with Gasteiger partial charge in [-0.05, 0) is 74.9 Å². The van der Waals surface area contributed by atoms with Crippen molar-refractivity contribution >= 4 is 21.8 Å². The Kier molecular flexibility index (Phi) is 2.98. The summed E-state index contributed by atoms with van der Waals surface area (Å²) in [5.74, 6) is 3.40. The van der Waals surface area contributed by atoms with Gasteiger partial charge in [0.1, 0.15) is 4.58 Å². The van der Waals surface area contributed by atoms with Crippen molar-refractivity contribution in [1.29, 1.82) is 0 Å². The Morgan fingerprint density at radius 2 is 1.58 bits per heavy atom. The second-order valence-electron chi connectivity index (χ2n) is 7.29. The van der Waals surface area contributed by atoms with Gasteiger partial charge in [0, 0.05) is 5.54 Å². The molecule has 1 unspecified atom stereocenters. The smallest absolute Gasteiger partial charge is 0.211 e. The molecule has 0 spiro atoms. The molecule has 0 aromatic rings. The van der Waals surface area contributed by atoms with E-state index >= 15 is 0 Å². The second-order valence-corrected chi connectivity index (χ2v) is 10.8. The molecule has 4 aliphatic carbocycles. The van der Waals surface area contributed by atoms with E-state index in [9.17, 15) is 8.42 Å². The third kappa shape index (κ3) is 2.26. The highest BCUT2D eigenvalue weighted by atomic mass is 32.3. The van der Waals surface area contributed by atoms with Crippen molar-refractivity contribution in [2.24, 2.45) is 17.8 Å². The van der Waals surface area contributed by atoms with Gasteiger partial charge >= 0.3 is 0 Å². The molecule has 3 nitrogen and oxygen atoms in total. The molecule has 108 valence electrons. The van der Waals surface area contributed by atoms with Gasteiger partial charge in [-0.1, -0.05) is 0 Å². The van der Waals surface area contributed by atoms with E-state index in [2.05, 4.69) is 4.72 Å². The van der Waals surface area contributed by atoms with Crippen molar-refractivity contribution in [3.63, 3.8) is 0 Å². The lowest BCUT2D eigenvalue weighted by atomic mass is 9.53. The van der Waals surface area contributed by atoms with E-state index in [1.807, 2.05) is 0 Å². The minimum Gasteiger partial charge on any atom is -0.211 e. The molecule has 4 bridgehead atoms. The average Bonchev–Trinajstić information content (AvgIpc) is 2.78. The van der Waals surface area contributed by atoms with Crippen molar-refractivity contribution in [1.82, 2.24) is 4.72 Å². The van der Waals surface area contributed by atoms with Crippen LogP contribution in [0, 0.1) is 17.8 Å². The second kappa shape index (κ2) is 4.38. The first-order chi connectivity index (χ1) is 9.05. The molecule has 0 aromatic heterocycles. The Bertz CT molecular complexity index is 433. The summed E-state index contributed by atoms with van der Waals surface area (Å²) in [6, 6.07) is 0. The first kappa shape index (κ1) is 13.0. The summed E-state index contributed by atoms with van der Waals surface area (Å²) in [6.45, 7) is 0. The van der Waals surface area contributed by atoms with Crippen molar-refractivity contribution in [2.45, 2.75) is 61.5 Å². The molecule has 5 heteroatoms. The number of nitrogens with one attached hydrogen (secondary N) is 1. The fraction of sp³-hybridized carbons (Fsp3) is 1.00. The quantitative estimate of drug-likeness (QED) is 0.872. The van der Waals surface area contributed by atoms with E-state index in [0.29, 0.717) is 0 Å². The zero-order chi connectivity index (χ0) is 13.1. The van der Waals surface area contributed by atoms with E-state index < -0.39 is 10.0 Å².